The lowest BCUT2D eigenvalue weighted by molar-refractivity contribution is 0.881. The Hall–Kier alpha value is -3.21. The van der Waals surface area contributed by atoms with Crippen molar-refractivity contribution in [1.29, 1.82) is 5.26 Å². The molecule has 104 valence electrons. The zero-order valence-electron chi connectivity index (χ0n) is 11.0. The summed E-state index contributed by atoms with van der Waals surface area (Å²) in [5, 5.41) is 28.8. The van der Waals surface area contributed by atoms with Crippen LogP contribution in [0.25, 0.3) is 5.57 Å². The molecule has 0 aliphatic carbocycles. The van der Waals surface area contributed by atoms with Crippen LogP contribution in [0, 0.1) is 11.3 Å². The van der Waals surface area contributed by atoms with Crippen LogP contribution in [0.3, 0.4) is 0 Å². The molecule has 0 fully saturated rings. The molecule has 0 saturated carbocycles. The van der Waals surface area contributed by atoms with Crippen LogP contribution in [0.2, 0.25) is 0 Å². The fourth-order valence-corrected chi connectivity index (χ4v) is 1.97. The van der Waals surface area contributed by atoms with Gasteiger partial charge in [-0.3, -0.25) is 4.99 Å². The standard InChI is InChI=1S/C13H12N8/c14-7-9(12-18-20-21-19-12)8-17-11-4-2-1-3-10(11)13-15-5-6-16-13/h1-4,8,17H,5-6H2,(H,15,16)(H,18,19,20,21). The fourth-order valence-electron chi connectivity index (χ4n) is 1.97. The zero-order chi connectivity index (χ0) is 14.5. The second-order valence-corrected chi connectivity index (χ2v) is 4.25. The van der Waals surface area contributed by atoms with Crippen molar-refractivity contribution < 1.29 is 0 Å². The van der Waals surface area contributed by atoms with Crippen LogP contribution < -0.4 is 10.6 Å². The van der Waals surface area contributed by atoms with Gasteiger partial charge in [0.05, 0.1) is 6.54 Å². The van der Waals surface area contributed by atoms with Crippen molar-refractivity contribution in [3.63, 3.8) is 0 Å². The third-order valence-corrected chi connectivity index (χ3v) is 2.94. The minimum absolute atomic E-state index is 0.249. The number of nitrogens with zero attached hydrogens (tertiary/aromatic N) is 5. The number of allylic oxidation sites excluding steroid dienone is 1. The minimum Gasteiger partial charge on any atom is -0.368 e. The molecular weight excluding hydrogens is 268 g/mol. The summed E-state index contributed by atoms with van der Waals surface area (Å²) in [6.07, 6.45) is 1.55. The highest BCUT2D eigenvalue weighted by Crippen LogP contribution is 2.18. The Labute approximate surface area is 120 Å². The molecule has 1 aromatic carbocycles. The Kier molecular flexibility index (Phi) is 3.56. The van der Waals surface area contributed by atoms with Gasteiger partial charge in [0, 0.05) is 24.0 Å². The van der Waals surface area contributed by atoms with E-state index in [1.807, 2.05) is 30.3 Å². The van der Waals surface area contributed by atoms with Crippen molar-refractivity contribution in [1.82, 2.24) is 25.9 Å². The smallest absolute Gasteiger partial charge is 0.216 e. The molecule has 3 rings (SSSR count). The number of hydrogen-bond donors (Lipinski definition) is 3. The van der Waals surface area contributed by atoms with Crippen LogP contribution in [0.4, 0.5) is 5.69 Å². The average molecular weight is 280 g/mol. The molecule has 1 aromatic heterocycles. The number of H-pyrrole nitrogens is 1. The number of nitriles is 1. The van der Waals surface area contributed by atoms with E-state index in [4.69, 9.17) is 5.26 Å². The Balaban J connectivity index is 1.87. The van der Waals surface area contributed by atoms with Gasteiger partial charge in [-0.05, 0) is 17.3 Å². The van der Waals surface area contributed by atoms with Crippen molar-refractivity contribution >= 4 is 17.1 Å². The minimum atomic E-state index is 0.249. The van der Waals surface area contributed by atoms with Gasteiger partial charge in [0.15, 0.2) is 0 Å². The van der Waals surface area contributed by atoms with E-state index >= 15 is 0 Å². The van der Waals surface area contributed by atoms with Gasteiger partial charge in [-0.1, -0.05) is 12.1 Å². The maximum atomic E-state index is 9.14. The SMILES string of the molecule is N#CC(=CNc1ccccc1C1=NCCN1)c1nn[nH]n1. The number of anilines is 1. The second kappa shape index (κ2) is 5.83. The first-order valence-electron chi connectivity index (χ1n) is 6.37. The Bertz CT molecular complexity index is 723. The second-order valence-electron chi connectivity index (χ2n) is 4.25. The third kappa shape index (κ3) is 2.71. The number of nitrogens with one attached hydrogen (secondary N) is 3. The molecule has 2 aromatic rings. The summed E-state index contributed by atoms with van der Waals surface area (Å²) in [5.74, 6) is 1.10. The number of benzene rings is 1. The van der Waals surface area contributed by atoms with E-state index in [-0.39, 0.29) is 5.82 Å². The Morgan fingerprint density at radius 3 is 3.00 bits per heavy atom. The van der Waals surface area contributed by atoms with Crippen LogP contribution in [-0.2, 0) is 0 Å². The highest BCUT2D eigenvalue weighted by atomic mass is 15.5. The molecule has 1 aliphatic heterocycles. The first kappa shape index (κ1) is 12.8. The monoisotopic (exact) mass is 280 g/mol. The molecular formula is C13H12N8. The molecule has 0 unspecified atom stereocenters. The summed E-state index contributed by atoms with van der Waals surface area (Å²) in [6.45, 7) is 1.61. The molecule has 0 atom stereocenters. The molecule has 8 nitrogen and oxygen atoms in total. The third-order valence-electron chi connectivity index (χ3n) is 2.94. The summed E-state index contributed by atoms with van der Waals surface area (Å²) in [7, 11) is 0. The van der Waals surface area contributed by atoms with Crippen molar-refractivity contribution in [3.8, 4) is 6.07 Å². The maximum absolute atomic E-state index is 9.14. The Morgan fingerprint density at radius 2 is 2.29 bits per heavy atom. The van der Waals surface area contributed by atoms with Gasteiger partial charge in [0.2, 0.25) is 5.82 Å². The van der Waals surface area contributed by atoms with Crippen LogP contribution in [0.1, 0.15) is 11.4 Å². The van der Waals surface area contributed by atoms with Gasteiger partial charge >= 0.3 is 0 Å². The van der Waals surface area contributed by atoms with Crippen molar-refractivity contribution in [2.45, 2.75) is 0 Å². The Morgan fingerprint density at radius 1 is 1.38 bits per heavy atom. The maximum Gasteiger partial charge on any atom is 0.216 e. The van der Waals surface area contributed by atoms with Crippen LogP contribution >= 0.6 is 0 Å². The predicted octanol–water partition coefficient (Wildman–Crippen LogP) is 0.526. The number of aromatic nitrogens is 4. The number of hydrogen-bond acceptors (Lipinski definition) is 7. The van der Waals surface area contributed by atoms with Gasteiger partial charge < -0.3 is 10.6 Å². The molecule has 3 N–H and O–H groups in total. The highest BCUT2D eigenvalue weighted by Gasteiger charge is 2.12. The lowest BCUT2D eigenvalue weighted by Crippen LogP contribution is -2.20. The van der Waals surface area contributed by atoms with E-state index in [1.54, 1.807) is 6.20 Å². The van der Waals surface area contributed by atoms with E-state index in [2.05, 4.69) is 36.3 Å². The van der Waals surface area contributed by atoms with Crippen molar-refractivity contribution in [3.05, 3.63) is 41.9 Å². The van der Waals surface area contributed by atoms with Gasteiger partial charge in [-0.15, -0.1) is 10.2 Å². The highest BCUT2D eigenvalue weighted by molar-refractivity contribution is 6.04. The molecule has 1 aliphatic rings. The average Bonchev–Trinajstić information content (AvgIpc) is 3.22. The first-order chi connectivity index (χ1) is 10.4. The van der Waals surface area contributed by atoms with E-state index in [0.717, 1.165) is 30.2 Å². The molecule has 8 heteroatoms. The van der Waals surface area contributed by atoms with E-state index in [0.29, 0.717) is 5.57 Å². The number of aliphatic imine (C=N–C) groups is 1. The van der Waals surface area contributed by atoms with Gasteiger partial charge in [-0.25, -0.2) is 0 Å². The fraction of sp³-hybridized carbons (Fsp3) is 0.154. The van der Waals surface area contributed by atoms with Crippen molar-refractivity contribution in [2.24, 2.45) is 4.99 Å². The molecule has 0 spiro atoms. The number of amidine groups is 1. The van der Waals surface area contributed by atoms with Crippen LogP contribution in [0.15, 0.2) is 35.5 Å². The zero-order valence-corrected chi connectivity index (χ0v) is 11.0. The predicted molar refractivity (Wildman–Crippen MR) is 77.2 cm³/mol. The molecule has 0 amide bonds. The number of rotatable bonds is 4. The van der Waals surface area contributed by atoms with Gasteiger partial charge in [-0.2, -0.15) is 10.5 Å². The van der Waals surface area contributed by atoms with Gasteiger partial charge in [0.25, 0.3) is 0 Å². The van der Waals surface area contributed by atoms with Gasteiger partial charge in [0.1, 0.15) is 17.5 Å². The largest absolute Gasteiger partial charge is 0.368 e. The van der Waals surface area contributed by atoms with E-state index in [1.165, 1.54) is 0 Å². The molecule has 0 saturated heterocycles. The number of aromatic amines is 1. The molecule has 2 heterocycles. The lowest BCUT2D eigenvalue weighted by atomic mass is 10.1. The molecule has 0 bridgehead atoms. The van der Waals surface area contributed by atoms with E-state index in [9.17, 15) is 0 Å². The van der Waals surface area contributed by atoms with Crippen LogP contribution in [-0.4, -0.2) is 39.5 Å². The summed E-state index contributed by atoms with van der Waals surface area (Å²) in [4.78, 5) is 4.40. The van der Waals surface area contributed by atoms with E-state index < -0.39 is 0 Å². The summed E-state index contributed by atoms with van der Waals surface area (Å²) >= 11 is 0. The molecule has 0 radical (unpaired) electrons. The van der Waals surface area contributed by atoms with Crippen molar-refractivity contribution in [2.75, 3.05) is 18.4 Å². The quantitative estimate of drug-likeness (QED) is 0.704. The first-order valence-corrected chi connectivity index (χ1v) is 6.37. The lowest BCUT2D eigenvalue weighted by Gasteiger charge is -2.09. The van der Waals surface area contributed by atoms with Crippen LogP contribution in [0.5, 0.6) is 0 Å². The normalized spacial score (nSPS) is 14.2. The molecule has 21 heavy (non-hydrogen) atoms. The summed E-state index contributed by atoms with van der Waals surface area (Å²) in [5.41, 5.74) is 2.10. The summed E-state index contributed by atoms with van der Waals surface area (Å²) < 4.78 is 0. The number of para-hydroxylation sites is 1. The number of tetrazole rings is 1. The topological polar surface area (TPSA) is 115 Å². The summed E-state index contributed by atoms with van der Waals surface area (Å²) in [6, 6.07) is 9.77.